The van der Waals surface area contributed by atoms with E-state index in [0.29, 0.717) is 61.5 Å². The van der Waals surface area contributed by atoms with Crippen LogP contribution in [-0.2, 0) is 22.6 Å². The van der Waals surface area contributed by atoms with Gasteiger partial charge in [-0.1, -0.05) is 18.2 Å². The normalized spacial score (nSPS) is 15.3. The molecule has 4 aromatic rings. The summed E-state index contributed by atoms with van der Waals surface area (Å²) in [7, 11) is 1.45. The largest absolute Gasteiger partial charge is 0.493 e. The number of hydrogen-bond donors (Lipinski definition) is 4. The van der Waals surface area contributed by atoms with Crippen LogP contribution >= 0.6 is 12.4 Å². The van der Waals surface area contributed by atoms with Gasteiger partial charge in [-0.2, -0.15) is 0 Å². The fraction of sp³-hybridized carbons (Fsp3) is 0.303. The average Bonchev–Trinajstić information content (AvgIpc) is 3.42. The first-order valence-corrected chi connectivity index (χ1v) is 14.6. The molecular formula is C33H37ClFN5O5. The third kappa shape index (κ3) is 8.52. The number of nitrogens with one attached hydrogen (secondary N) is 3. The number of halogens is 2. The lowest BCUT2D eigenvalue weighted by Crippen LogP contribution is -2.46. The van der Waals surface area contributed by atoms with Crippen molar-refractivity contribution in [3.8, 4) is 17.2 Å². The van der Waals surface area contributed by atoms with Gasteiger partial charge < -0.3 is 35.7 Å². The maximum Gasteiger partial charge on any atom is 0.251 e. The summed E-state index contributed by atoms with van der Waals surface area (Å²) in [5.41, 5.74) is 9.22. The van der Waals surface area contributed by atoms with Gasteiger partial charge in [0.25, 0.3) is 5.91 Å². The molecule has 0 fully saturated rings. The van der Waals surface area contributed by atoms with Crippen molar-refractivity contribution in [2.75, 3.05) is 26.7 Å². The number of benzene rings is 3. The predicted molar refractivity (Wildman–Crippen MR) is 171 cm³/mol. The molecule has 2 aliphatic rings. The Morgan fingerprint density at radius 1 is 1.07 bits per heavy atom. The van der Waals surface area contributed by atoms with Gasteiger partial charge in [-0.3, -0.25) is 14.4 Å². The summed E-state index contributed by atoms with van der Waals surface area (Å²) in [6.45, 7) is 1.08. The number of amides is 3. The van der Waals surface area contributed by atoms with Gasteiger partial charge in [0.2, 0.25) is 11.8 Å². The molecule has 0 unspecified atom stereocenters. The molecule has 238 valence electrons. The number of fused-ring (bicyclic) bond motifs is 14. The molecule has 45 heavy (non-hydrogen) atoms. The highest BCUT2D eigenvalue weighted by Gasteiger charge is 2.23. The molecule has 5 N–H and O–H groups in total. The molecule has 3 amide bonds. The van der Waals surface area contributed by atoms with Crippen LogP contribution < -0.4 is 25.8 Å². The van der Waals surface area contributed by atoms with Crippen molar-refractivity contribution < 1.29 is 28.2 Å². The van der Waals surface area contributed by atoms with Crippen LogP contribution in [0.4, 0.5) is 4.39 Å². The van der Waals surface area contributed by atoms with Crippen LogP contribution in [-0.4, -0.2) is 60.4 Å². The first kappa shape index (κ1) is 33.3. The number of H-pyrrole nitrogens is 1. The lowest BCUT2D eigenvalue weighted by molar-refractivity contribution is -0.133. The minimum absolute atomic E-state index is 0. The monoisotopic (exact) mass is 637 g/mol. The fourth-order valence-corrected chi connectivity index (χ4v) is 5.29. The van der Waals surface area contributed by atoms with E-state index in [1.54, 1.807) is 29.2 Å². The van der Waals surface area contributed by atoms with Crippen LogP contribution in [0.5, 0.6) is 17.2 Å². The average molecular weight is 638 g/mol. The second kappa shape index (κ2) is 15.4. The topological polar surface area (TPSA) is 139 Å². The molecule has 2 aliphatic heterocycles. The first-order chi connectivity index (χ1) is 21.3. The van der Waals surface area contributed by atoms with Crippen molar-refractivity contribution in [3.05, 3.63) is 89.4 Å². The lowest BCUT2D eigenvalue weighted by atomic mass is 10.0. The maximum atomic E-state index is 14.4. The molecule has 0 radical (unpaired) electrons. The molecule has 0 saturated carbocycles. The summed E-state index contributed by atoms with van der Waals surface area (Å²) in [5.74, 6) is -0.477. The van der Waals surface area contributed by atoms with Crippen LogP contribution in [0.2, 0.25) is 0 Å². The zero-order valence-electron chi connectivity index (χ0n) is 24.9. The first-order valence-electron chi connectivity index (χ1n) is 14.6. The molecule has 1 aromatic heterocycles. The molecule has 3 heterocycles. The molecule has 0 spiro atoms. The highest BCUT2D eigenvalue weighted by atomic mass is 35.5. The highest BCUT2D eigenvalue weighted by Crippen LogP contribution is 2.33. The van der Waals surface area contributed by atoms with Crippen molar-refractivity contribution in [3.63, 3.8) is 0 Å². The summed E-state index contributed by atoms with van der Waals surface area (Å²) in [6.07, 6.45) is 3.29. The second-order valence-electron chi connectivity index (χ2n) is 10.7. The number of carbonyl (C=O) groups excluding carboxylic acids is 3. The molecule has 1 atom stereocenters. The van der Waals surface area contributed by atoms with Gasteiger partial charge in [0, 0.05) is 61.3 Å². The molecule has 0 aliphatic carbocycles. The highest BCUT2D eigenvalue weighted by molar-refractivity contribution is 5.95. The Kier molecular flexibility index (Phi) is 11.4. The summed E-state index contributed by atoms with van der Waals surface area (Å²) >= 11 is 0. The maximum absolute atomic E-state index is 14.4. The Balaban J connectivity index is 0.00000461. The number of aromatic nitrogens is 1. The van der Waals surface area contributed by atoms with E-state index >= 15 is 0 Å². The van der Waals surface area contributed by atoms with Crippen molar-refractivity contribution in [1.29, 1.82) is 0 Å². The Hall–Kier alpha value is -4.61. The van der Waals surface area contributed by atoms with E-state index < -0.39 is 11.9 Å². The van der Waals surface area contributed by atoms with Gasteiger partial charge >= 0.3 is 0 Å². The van der Waals surface area contributed by atoms with Crippen molar-refractivity contribution in [2.24, 2.45) is 5.73 Å². The third-order valence-corrected chi connectivity index (χ3v) is 7.54. The summed E-state index contributed by atoms with van der Waals surface area (Å²) in [4.78, 5) is 43.9. The molecular weight excluding hydrogens is 601 g/mol. The number of hydrogen-bond acceptors (Lipinski definition) is 6. The van der Waals surface area contributed by atoms with Crippen LogP contribution in [0.25, 0.3) is 10.9 Å². The van der Waals surface area contributed by atoms with Gasteiger partial charge in [-0.15, -0.1) is 12.4 Å². The SMILES string of the molecule is COc1cc2ccc1Oc1cc(F)cc(c1)CNC(=O)CCCN(C(=O)[C@@H](N)Cc1c[nH]c3ccccc13)CCCNC2=O.Cl. The van der Waals surface area contributed by atoms with E-state index in [2.05, 4.69) is 15.6 Å². The molecule has 0 saturated heterocycles. The van der Waals surface area contributed by atoms with Gasteiger partial charge in [0.05, 0.1) is 13.2 Å². The van der Waals surface area contributed by atoms with Gasteiger partial charge in [-0.25, -0.2) is 4.39 Å². The number of nitrogens with two attached hydrogens (primary N) is 1. The Bertz CT molecular complexity index is 1660. The predicted octanol–water partition coefficient (Wildman–Crippen LogP) is 4.46. The summed E-state index contributed by atoms with van der Waals surface area (Å²) < 4.78 is 25.7. The summed E-state index contributed by atoms with van der Waals surface area (Å²) in [5, 5.41) is 6.70. The Morgan fingerprint density at radius 2 is 1.87 bits per heavy atom. The van der Waals surface area contributed by atoms with Gasteiger partial charge in [0.15, 0.2) is 11.5 Å². The molecule has 3 aromatic carbocycles. The number of nitrogens with zero attached hydrogens (tertiary/aromatic N) is 1. The van der Waals surface area contributed by atoms with E-state index in [1.165, 1.54) is 19.2 Å². The minimum Gasteiger partial charge on any atom is -0.493 e. The van der Waals surface area contributed by atoms with Crippen molar-refractivity contribution in [1.82, 2.24) is 20.5 Å². The Labute approximate surface area is 266 Å². The summed E-state index contributed by atoms with van der Waals surface area (Å²) in [6, 6.07) is 15.9. The van der Waals surface area contributed by atoms with Crippen LogP contribution in [0.1, 0.15) is 40.7 Å². The fourth-order valence-electron chi connectivity index (χ4n) is 5.29. The molecule has 10 nitrogen and oxygen atoms in total. The second-order valence-corrected chi connectivity index (χ2v) is 10.7. The zero-order chi connectivity index (χ0) is 31.1. The number of para-hydroxylation sites is 1. The van der Waals surface area contributed by atoms with Crippen molar-refractivity contribution in [2.45, 2.75) is 38.3 Å². The van der Waals surface area contributed by atoms with E-state index in [4.69, 9.17) is 15.2 Å². The van der Waals surface area contributed by atoms with Crippen molar-refractivity contribution >= 4 is 41.0 Å². The van der Waals surface area contributed by atoms with E-state index in [0.717, 1.165) is 16.5 Å². The number of carbonyl (C=O) groups is 3. The van der Waals surface area contributed by atoms with E-state index in [9.17, 15) is 18.8 Å². The number of rotatable bonds is 4. The minimum atomic E-state index is -0.779. The quantitative estimate of drug-likeness (QED) is 0.261. The van der Waals surface area contributed by atoms with E-state index in [1.807, 2.05) is 30.5 Å². The molecule has 4 bridgehead atoms. The smallest absolute Gasteiger partial charge is 0.251 e. The van der Waals surface area contributed by atoms with Crippen LogP contribution in [0.15, 0.2) is 66.9 Å². The van der Waals surface area contributed by atoms with Gasteiger partial charge in [0.1, 0.15) is 11.6 Å². The molecule has 12 heteroatoms. The third-order valence-electron chi connectivity index (χ3n) is 7.54. The lowest BCUT2D eigenvalue weighted by Gasteiger charge is -2.26. The van der Waals surface area contributed by atoms with E-state index in [-0.39, 0.29) is 48.8 Å². The van der Waals surface area contributed by atoms with Crippen LogP contribution in [0.3, 0.4) is 0 Å². The van der Waals surface area contributed by atoms with Gasteiger partial charge in [-0.05, 0) is 66.8 Å². The standard InChI is InChI=1S/C33H36FN5O5.ClH/c1-43-30-17-22-9-10-29(30)44-25-15-21(14-24(34)18-25)19-38-31(40)8-4-12-39(13-5-11-36-32(22)41)33(42)27(35)16-23-20-37-28-7-3-2-6-26(23)28;/h2-3,6-7,9-10,14-15,17-18,20,27,37H,4-5,8,11-13,16,19,35H2,1H3,(H,36,41)(H,38,40);1H/t27-;/m0./s1. The zero-order valence-corrected chi connectivity index (χ0v) is 25.8. The number of aromatic amines is 1. The Morgan fingerprint density at radius 3 is 2.69 bits per heavy atom. The number of ether oxygens (including phenoxy) is 2. The van der Waals surface area contributed by atoms with Crippen LogP contribution in [0, 0.1) is 5.82 Å². The molecule has 6 rings (SSSR count). The number of methoxy groups -OCH3 is 1.